The fourth-order valence-corrected chi connectivity index (χ4v) is 5.95. The Morgan fingerprint density at radius 3 is 1.95 bits per heavy atom. The highest BCUT2D eigenvalue weighted by Gasteiger charge is 2.35. The van der Waals surface area contributed by atoms with Crippen LogP contribution in [-0.4, -0.2) is 119 Å². The van der Waals surface area contributed by atoms with E-state index in [4.69, 9.17) is 21.9 Å². The van der Waals surface area contributed by atoms with Gasteiger partial charge in [0.05, 0.1) is 17.9 Å². The van der Waals surface area contributed by atoms with Crippen molar-refractivity contribution in [3.05, 3.63) is 71.5 Å². The van der Waals surface area contributed by atoms with Crippen LogP contribution in [0.5, 0.6) is 0 Å². The van der Waals surface area contributed by atoms with Gasteiger partial charge in [-0.05, 0) is 45.1 Å². The number of amides is 4. The van der Waals surface area contributed by atoms with Crippen molar-refractivity contribution in [3.63, 3.8) is 0 Å². The van der Waals surface area contributed by atoms with E-state index in [0.717, 1.165) is 22.5 Å². The van der Waals surface area contributed by atoms with Gasteiger partial charge < -0.3 is 58.1 Å². The lowest BCUT2D eigenvalue weighted by molar-refractivity contribution is -0.147. The van der Waals surface area contributed by atoms with Crippen LogP contribution in [0.4, 0.5) is 0 Å². The number of nitrogens with two attached hydrogens (primary N) is 3. The van der Waals surface area contributed by atoms with Crippen molar-refractivity contribution in [2.45, 2.75) is 97.0 Å². The Bertz CT molecular complexity index is 1760. The monoisotopic (exact) mass is 842 g/mol. The lowest BCUT2D eigenvalue weighted by atomic mass is 9.95. The number of likely N-dealkylation sites (N-methyl/N-ethyl adjacent to an activating group) is 1. The Hall–Kier alpha value is -6.08. The third-order valence-electron chi connectivity index (χ3n) is 9.80. The van der Waals surface area contributed by atoms with Crippen LogP contribution in [0.25, 0.3) is 0 Å². The minimum atomic E-state index is -1.85. The molecule has 1 aromatic carbocycles. The van der Waals surface area contributed by atoms with Crippen LogP contribution in [0.2, 0.25) is 0 Å². The molecule has 0 radical (unpaired) electrons. The second kappa shape index (κ2) is 26.1. The Labute approximate surface area is 350 Å². The summed E-state index contributed by atoms with van der Waals surface area (Å²) < 4.78 is 5.72. The van der Waals surface area contributed by atoms with E-state index < -0.39 is 84.0 Å². The van der Waals surface area contributed by atoms with Gasteiger partial charge in [0.15, 0.2) is 5.96 Å². The summed E-state index contributed by atoms with van der Waals surface area (Å²) >= 11 is 0. The number of aliphatic imine (C=N–C) groups is 1. The molecule has 0 bridgehead atoms. The fraction of sp³-hybridized carbons (Fsp3) is 0.512. The first-order valence-electron chi connectivity index (χ1n) is 19.4. The maximum Gasteiger partial charge on any atom is 0.327 e. The molecule has 1 rings (SSSR count). The number of carboxylic acid groups (broad SMARTS) is 3. The molecule has 1 aromatic rings. The van der Waals surface area contributed by atoms with E-state index in [0.29, 0.717) is 0 Å². The number of allylic oxidation sites excluding steroid dienone is 3. The van der Waals surface area contributed by atoms with Gasteiger partial charge in [0.1, 0.15) is 23.8 Å². The van der Waals surface area contributed by atoms with Crippen LogP contribution in [0, 0.1) is 17.8 Å². The molecule has 0 saturated carbocycles. The first-order valence-corrected chi connectivity index (χ1v) is 19.4. The van der Waals surface area contributed by atoms with Crippen molar-refractivity contribution in [1.82, 2.24) is 20.9 Å². The van der Waals surface area contributed by atoms with E-state index in [1.54, 1.807) is 19.3 Å². The van der Waals surface area contributed by atoms with Crippen LogP contribution >= 0.6 is 0 Å². The number of carbonyl (C=O) groups excluding carboxylic acids is 4. The molecule has 0 spiro atoms. The summed E-state index contributed by atoms with van der Waals surface area (Å²) in [6.07, 6.45) is 6.61. The van der Waals surface area contributed by atoms with E-state index in [-0.39, 0.29) is 49.5 Å². The molecule has 60 heavy (non-hydrogen) atoms. The molecule has 12 N–H and O–H groups in total. The maximum absolute atomic E-state index is 13.2. The zero-order chi connectivity index (χ0) is 45.7. The molecule has 0 aliphatic carbocycles. The standard InChI is InChI=1S/C41H62N8O11/c1-8-31(37(53)48-34(40(58)59)26(5)36(52)46-29(38(54)55)15-12-20-45-41(43)44)49(6)33(50)19-18-30(39(56)57)47-35(51)25(4)28(42)17-16-23(2)21-24(3)32(60-7)22-27-13-10-9-11-14-27/h8-11,13-14,16-17,21,24-26,28-30,32,34H,12,15,18-20,22,42H2,1-7H3,(H,46,52)(H,47,51)(H,48,53)(H,54,55)(H,56,57)(H,58,59)(H4,43,44,45)/t24-,25-,26-,28-,29-,30+,32-,34+/m0/s1. The van der Waals surface area contributed by atoms with Crippen LogP contribution in [0.3, 0.4) is 0 Å². The minimum absolute atomic E-state index is 0.0533. The second-order valence-electron chi connectivity index (χ2n) is 14.4. The van der Waals surface area contributed by atoms with Crippen molar-refractivity contribution >= 4 is 47.5 Å². The molecule has 4 amide bonds. The molecule has 0 saturated heterocycles. The van der Waals surface area contributed by atoms with E-state index in [1.165, 1.54) is 33.9 Å². The molecule has 0 heterocycles. The van der Waals surface area contributed by atoms with Crippen LogP contribution < -0.4 is 33.2 Å². The van der Waals surface area contributed by atoms with Gasteiger partial charge in [-0.25, -0.2) is 14.4 Å². The predicted octanol–water partition coefficient (Wildman–Crippen LogP) is 0.886. The van der Waals surface area contributed by atoms with Crippen molar-refractivity contribution in [3.8, 4) is 0 Å². The van der Waals surface area contributed by atoms with Gasteiger partial charge in [-0.15, -0.1) is 0 Å². The molecule has 19 nitrogen and oxygen atoms in total. The highest BCUT2D eigenvalue weighted by Crippen LogP contribution is 2.18. The molecule has 0 aliphatic rings. The van der Waals surface area contributed by atoms with Crippen LogP contribution in [0.15, 0.2) is 70.9 Å². The highest BCUT2D eigenvalue weighted by atomic mass is 16.5. The van der Waals surface area contributed by atoms with Crippen LogP contribution in [0.1, 0.15) is 65.9 Å². The third-order valence-corrected chi connectivity index (χ3v) is 9.80. The summed E-state index contributed by atoms with van der Waals surface area (Å²) in [5, 5.41) is 36.1. The minimum Gasteiger partial charge on any atom is -0.480 e. The number of nitrogens with zero attached hydrogens (tertiary/aromatic N) is 2. The summed E-state index contributed by atoms with van der Waals surface area (Å²) in [7, 11) is 2.87. The van der Waals surface area contributed by atoms with E-state index in [2.05, 4.69) is 20.9 Å². The average Bonchev–Trinajstić information content (AvgIpc) is 3.19. The Morgan fingerprint density at radius 1 is 0.867 bits per heavy atom. The maximum atomic E-state index is 13.2. The quantitative estimate of drug-likeness (QED) is 0.0206. The van der Waals surface area contributed by atoms with Gasteiger partial charge in [-0.2, -0.15) is 0 Å². The molecule has 19 heteroatoms. The number of hydrogen-bond acceptors (Lipinski definition) is 10. The number of aliphatic carboxylic acids is 3. The van der Waals surface area contributed by atoms with Gasteiger partial charge in [0, 0.05) is 39.1 Å². The van der Waals surface area contributed by atoms with Gasteiger partial charge in [-0.3, -0.25) is 24.2 Å². The molecule has 0 fully saturated rings. The van der Waals surface area contributed by atoms with Gasteiger partial charge in [0.2, 0.25) is 17.7 Å². The molecule has 332 valence electrons. The lowest BCUT2D eigenvalue weighted by Gasteiger charge is -2.26. The van der Waals surface area contributed by atoms with Crippen molar-refractivity contribution in [2.24, 2.45) is 39.9 Å². The summed E-state index contributed by atoms with van der Waals surface area (Å²) in [6, 6.07) is 4.43. The molecular weight excluding hydrogens is 780 g/mol. The SMILES string of the molecule is CC=C(C(=O)N[C@@H](C(=O)O)[C@H](C)C(=O)N[C@@H](CCCN=C(N)N)C(=O)O)N(C)C(=O)CC[C@@H](NC(=O)[C@@H](C)[C@@H](N)C=CC(C)=C[C@H](C)[C@H](Cc1ccccc1)OC)C(=O)O. The number of nitrogens with one attached hydrogen (secondary N) is 3. The van der Waals surface area contributed by atoms with Crippen molar-refractivity contribution in [2.75, 3.05) is 20.7 Å². The predicted molar refractivity (Wildman–Crippen MR) is 224 cm³/mol. The van der Waals surface area contributed by atoms with E-state index >= 15 is 0 Å². The molecule has 8 atom stereocenters. The lowest BCUT2D eigenvalue weighted by Crippen LogP contribution is -2.53. The van der Waals surface area contributed by atoms with E-state index in [9.17, 15) is 48.9 Å². The van der Waals surface area contributed by atoms with Gasteiger partial charge in [0.25, 0.3) is 5.91 Å². The third kappa shape index (κ3) is 17.8. The highest BCUT2D eigenvalue weighted by molar-refractivity contribution is 6.00. The van der Waals surface area contributed by atoms with Crippen molar-refractivity contribution in [1.29, 1.82) is 0 Å². The number of ether oxygens (including phenoxy) is 1. The number of rotatable bonds is 26. The zero-order valence-electron chi connectivity index (χ0n) is 35.3. The summed E-state index contributed by atoms with van der Waals surface area (Å²) in [6.45, 7) is 8.12. The Balaban J connectivity index is 2.88. The zero-order valence-corrected chi connectivity index (χ0v) is 35.3. The molecule has 0 aliphatic heterocycles. The Kier molecular flexibility index (Phi) is 22.6. The van der Waals surface area contributed by atoms with Crippen LogP contribution in [-0.2, 0) is 44.7 Å². The number of methoxy groups -OCH3 is 1. The number of guanidine groups is 1. The smallest absolute Gasteiger partial charge is 0.327 e. The average molecular weight is 843 g/mol. The van der Waals surface area contributed by atoms with Gasteiger partial charge in [-0.1, -0.05) is 81.0 Å². The summed E-state index contributed by atoms with van der Waals surface area (Å²) in [5.74, 6) is -10.3. The first kappa shape index (κ1) is 51.9. The first-order chi connectivity index (χ1) is 28.1. The Morgan fingerprint density at radius 2 is 1.43 bits per heavy atom. The largest absolute Gasteiger partial charge is 0.480 e. The summed E-state index contributed by atoms with van der Waals surface area (Å²) in [4.78, 5) is 93.0. The molecular formula is C41H62N8O11. The fourth-order valence-electron chi connectivity index (χ4n) is 5.95. The second-order valence-corrected chi connectivity index (χ2v) is 14.4. The number of carboxylic acids is 3. The van der Waals surface area contributed by atoms with Gasteiger partial charge >= 0.3 is 17.9 Å². The number of benzene rings is 1. The molecule has 0 unspecified atom stereocenters. The number of hydrogen-bond donors (Lipinski definition) is 9. The van der Waals surface area contributed by atoms with E-state index in [1.807, 2.05) is 50.3 Å². The van der Waals surface area contributed by atoms with Crippen molar-refractivity contribution < 1.29 is 53.6 Å². The summed E-state index contributed by atoms with van der Waals surface area (Å²) in [5.41, 5.74) is 18.5. The number of carbonyl (C=O) groups is 7. The topological polar surface area (TPSA) is 319 Å². The normalized spacial score (nSPS) is 15.9. The molecule has 0 aromatic heterocycles.